The monoisotopic (exact) mass is 189 g/mol. The van der Waals surface area contributed by atoms with Crippen LogP contribution in [0, 0.1) is 5.92 Å². The second kappa shape index (κ2) is 6.39. The van der Waals surface area contributed by atoms with Gasteiger partial charge in [-0.3, -0.25) is 0 Å². The predicted octanol–water partition coefficient (Wildman–Crippen LogP) is 3.55. The Balaban J connectivity index is 2.53. The minimum atomic E-state index is -0.00280. The van der Waals surface area contributed by atoms with Crippen LogP contribution >= 0.6 is 0 Å². The SMILES string of the molecule is CCCC(C=Cc1ccccc1)C[O]. The maximum Gasteiger partial charge on any atom is 0.0885 e. The Labute approximate surface area is 86.1 Å². The van der Waals surface area contributed by atoms with Crippen LogP contribution in [0.2, 0.25) is 0 Å². The van der Waals surface area contributed by atoms with E-state index in [4.69, 9.17) is 0 Å². The van der Waals surface area contributed by atoms with Crippen molar-refractivity contribution in [2.24, 2.45) is 5.92 Å². The Morgan fingerprint density at radius 1 is 1.29 bits per heavy atom. The van der Waals surface area contributed by atoms with E-state index in [1.807, 2.05) is 42.5 Å². The van der Waals surface area contributed by atoms with E-state index in [9.17, 15) is 5.11 Å². The Hall–Kier alpha value is -1.08. The summed E-state index contributed by atoms with van der Waals surface area (Å²) in [4.78, 5) is 0. The molecule has 1 heteroatoms. The van der Waals surface area contributed by atoms with Gasteiger partial charge in [0.25, 0.3) is 0 Å². The van der Waals surface area contributed by atoms with Crippen molar-refractivity contribution in [1.29, 1.82) is 0 Å². The van der Waals surface area contributed by atoms with Gasteiger partial charge < -0.3 is 0 Å². The lowest BCUT2D eigenvalue weighted by molar-refractivity contribution is 0.158. The summed E-state index contributed by atoms with van der Waals surface area (Å²) in [5.74, 6) is 0.195. The van der Waals surface area contributed by atoms with Gasteiger partial charge in [-0.1, -0.05) is 55.8 Å². The largest absolute Gasteiger partial charge is 0.236 e. The van der Waals surface area contributed by atoms with Crippen LogP contribution in [-0.2, 0) is 5.11 Å². The molecule has 0 spiro atoms. The first-order valence-electron chi connectivity index (χ1n) is 5.18. The van der Waals surface area contributed by atoms with Gasteiger partial charge in [0.15, 0.2) is 0 Å². The average Bonchev–Trinajstić information content (AvgIpc) is 2.25. The summed E-state index contributed by atoms with van der Waals surface area (Å²) in [5, 5.41) is 10.8. The van der Waals surface area contributed by atoms with Gasteiger partial charge in [-0.15, -0.1) is 0 Å². The third-order valence-corrected chi connectivity index (χ3v) is 2.23. The van der Waals surface area contributed by atoms with Crippen LogP contribution in [0.3, 0.4) is 0 Å². The lowest BCUT2D eigenvalue weighted by Crippen LogP contribution is -1.99. The molecule has 0 aliphatic rings. The zero-order chi connectivity index (χ0) is 10.2. The van der Waals surface area contributed by atoms with Gasteiger partial charge in [-0.25, -0.2) is 5.11 Å². The van der Waals surface area contributed by atoms with Crippen LogP contribution in [0.25, 0.3) is 6.08 Å². The van der Waals surface area contributed by atoms with Crippen LogP contribution < -0.4 is 0 Å². The Bertz CT molecular complexity index is 264. The molecule has 1 nitrogen and oxygen atoms in total. The molecule has 1 rings (SSSR count). The molecule has 1 aromatic carbocycles. The van der Waals surface area contributed by atoms with Gasteiger partial charge in [0.05, 0.1) is 6.61 Å². The molecular formula is C13H17O. The minimum Gasteiger partial charge on any atom is -0.236 e. The summed E-state index contributed by atoms with van der Waals surface area (Å²) in [6.07, 6.45) is 6.14. The smallest absolute Gasteiger partial charge is 0.0885 e. The van der Waals surface area contributed by atoms with Gasteiger partial charge in [0, 0.05) is 5.92 Å². The van der Waals surface area contributed by atoms with Crippen molar-refractivity contribution in [2.75, 3.05) is 6.61 Å². The second-order valence-electron chi connectivity index (χ2n) is 3.49. The van der Waals surface area contributed by atoms with Crippen molar-refractivity contribution in [1.82, 2.24) is 0 Å². The highest BCUT2D eigenvalue weighted by Crippen LogP contribution is 2.10. The fraction of sp³-hybridized carbons (Fsp3) is 0.385. The number of hydrogen-bond donors (Lipinski definition) is 0. The van der Waals surface area contributed by atoms with Crippen molar-refractivity contribution >= 4 is 6.08 Å². The van der Waals surface area contributed by atoms with Gasteiger partial charge in [0.2, 0.25) is 0 Å². The van der Waals surface area contributed by atoms with Gasteiger partial charge in [-0.2, -0.15) is 0 Å². The molecule has 1 radical (unpaired) electrons. The molecule has 0 N–H and O–H groups in total. The Morgan fingerprint density at radius 2 is 2.00 bits per heavy atom. The molecule has 0 fully saturated rings. The van der Waals surface area contributed by atoms with Crippen LogP contribution in [0.4, 0.5) is 0 Å². The summed E-state index contributed by atoms with van der Waals surface area (Å²) >= 11 is 0. The fourth-order valence-corrected chi connectivity index (χ4v) is 1.42. The third-order valence-electron chi connectivity index (χ3n) is 2.23. The van der Waals surface area contributed by atoms with Crippen molar-refractivity contribution in [3.05, 3.63) is 42.0 Å². The zero-order valence-corrected chi connectivity index (χ0v) is 8.65. The van der Waals surface area contributed by atoms with Crippen molar-refractivity contribution in [3.8, 4) is 0 Å². The molecule has 1 unspecified atom stereocenters. The van der Waals surface area contributed by atoms with Crippen molar-refractivity contribution in [3.63, 3.8) is 0 Å². The highest BCUT2D eigenvalue weighted by atomic mass is 16.3. The van der Waals surface area contributed by atoms with E-state index in [-0.39, 0.29) is 12.5 Å². The minimum absolute atomic E-state index is 0.00280. The average molecular weight is 189 g/mol. The van der Waals surface area contributed by atoms with Crippen LogP contribution in [0.1, 0.15) is 25.3 Å². The number of rotatable bonds is 5. The lowest BCUT2D eigenvalue weighted by Gasteiger charge is -2.04. The molecule has 0 amide bonds. The highest BCUT2D eigenvalue weighted by molar-refractivity contribution is 5.48. The molecule has 0 saturated carbocycles. The van der Waals surface area contributed by atoms with E-state index in [2.05, 4.69) is 6.92 Å². The summed E-state index contributed by atoms with van der Waals surface area (Å²) < 4.78 is 0. The summed E-state index contributed by atoms with van der Waals surface area (Å²) in [5.41, 5.74) is 1.17. The van der Waals surface area contributed by atoms with Gasteiger partial charge in [0.1, 0.15) is 0 Å². The molecule has 0 saturated heterocycles. The summed E-state index contributed by atoms with van der Waals surface area (Å²) in [6, 6.07) is 10.1. The Kier molecular flexibility index (Phi) is 5.02. The third kappa shape index (κ3) is 3.75. The number of hydrogen-bond acceptors (Lipinski definition) is 0. The molecular weight excluding hydrogens is 172 g/mol. The topological polar surface area (TPSA) is 19.9 Å². The first-order valence-corrected chi connectivity index (χ1v) is 5.18. The van der Waals surface area contributed by atoms with Crippen LogP contribution in [-0.4, -0.2) is 6.61 Å². The Morgan fingerprint density at radius 3 is 2.57 bits per heavy atom. The quantitative estimate of drug-likeness (QED) is 0.675. The number of benzene rings is 1. The maximum absolute atomic E-state index is 10.8. The molecule has 0 bridgehead atoms. The van der Waals surface area contributed by atoms with E-state index >= 15 is 0 Å². The van der Waals surface area contributed by atoms with Gasteiger partial charge in [-0.05, 0) is 12.0 Å². The van der Waals surface area contributed by atoms with E-state index in [1.54, 1.807) is 0 Å². The maximum atomic E-state index is 10.8. The standard InChI is InChI=1S/C13H17O/c1-2-6-13(11-14)10-9-12-7-4-3-5-8-12/h3-5,7-10,13H,2,6,11H2,1H3. The molecule has 0 aromatic heterocycles. The van der Waals surface area contributed by atoms with Crippen LogP contribution in [0.5, 0.6) is 0 Å². The molecule has 1 aromatic rings. The molecule has 0 aliphatic heterocycles. The molecule has 75 valence electrons. The predicted molar refractivity (Wildman–Crippen MR) is 59.4 cm³/mol. The second-order valence-corrected chi connectivity index (χ2v) is 3.49. The fourth-order valence-electron chi connectivity index (χ4n) is 1.42. The normalized spacial score (nSPS) is 13.3. The first-order chi connectivity index (χ1) is 6.86. The van der Waals surface area contributed by atoms with Crippen molar-refractivity contribution < 1.29 is 5.11 Å². The molecule has 14 heavy (non-hydrogen) atoms. The lowest BCUT2D eigenvalue weighted by atomic mass is 10.0. The summed E-state index contributed by atoms with van der Waals surface area (Å²) in [7, 11) is 0. The van der Waals surface area contributed by atoms with E-state index in [1.165, 1.54) is 5.56 Å². The summed E-state index contributed by atoms with van der Waals surface area (Å²) in [6.45, 7) is 2.11. The van der Waals surface area contributed by atoms with E-state index in [0.717, 1.165) is 12.8 Å². The first kappa shape index (κ1) is 11.0. The van der Waals surface area contributed by atoms with E-state index < -0.39 is 0 Å². The molecule has 1 atom stereocenters. The molecule has 0 aliphatic carbocycles. The molecule has 0 heterocycles. The van der Waals surface area contributed by atoms with E-state index in [0.29, 0.717) is 0 Å². The van der Waals surface area contributed by atoms with Gasteiger partial charge >= 0.3 is 0 Å². The zero-order valence-electron chi connectivity index (χ0n) is 8.65. The highest BCUT2D eigenvalue weighted by Gasteiger charge is 2.00. The van der Waals surface area contributed by atoms with Crippen molar-refractivity contribution in [2.45, 2.75) is 19.8 Å². The van der Waals surface area contributed by atoms with Crippen LogP contribution in [0.15, 0.2) is 36.4 Å².